The summed E-state index contributed by atoms with van der Waals surface area (Å²) in [4.78, 5) is 19.3. The summed E-state index contributed by atoms with van der Waals surface area (Å²) in [7, 11) is 0. The van der Waals surface area contributed by atoms with Crippen molar-refractivity contribution in [2.45, 2.75) is 45.8 Å². The molecule has 2 heterocycles. The lowest BCUT2D eigenvalue weighted by atomic mass is 9.78. The third-order valence-corrected chi connectivity index (χ3v) is 6.62. The number of nitrogens with one attached hydrogen (secondary N) is 1. The molecule has 0 bridgehead atoms. The first kappa shape index (κ1) is 24.0. The fraction of sp³-hybridized carbons (Fsp3) is 0.500. The number of amides is 1. The number of piperidine rings is 1. The number of hydrogen-bond donors (Lipinski definition) is 2. The zero-order valence-electron chi connectivity index (χ0n) is 18.4. The number of rotatable bonds is 6. The van der Waals surface area contributed by atoms with Gasteiger partial charge < -0.3 is 10.4 Å². The predicted molar refractivity (Wildman–Crippen MR) is 125 cm³/mol. The van der Waals surface area contributed by atoms with Gasteiger partial charge in [0.2, 0.25) is 5.91 Å². The summed E-state index contributed by atoms with van der Waals surface area (Å²) in [5, 5.41) is 15.9. The van der Waals surface area contributed by atoms with Crippen LogP contribution in [0.25, 0.3) is 0 Å². The Hall–Kier alpha value is -1.66. The Morgan fingerprint density at radius 2 is 2.00 bits per heavy atom. The molecule has 1 amide bonds. The number of halogens is 2. The van der Waals surface area contributed by atoms with E-state index in [-0.39, 0.29) is 18.4 Å². The minimum atomic E-state index is -1.25. The molecule has 168 valence electrons. The average Bonchev–Trinajstić information content (AvgIpc) is 2.74. The van der Waals surface area contributed by atoms with Crippen LogP contribution in [-0.4, -0.2) is 40.5 Å². The predicted octanol–water partition coefficient (Wildman–Crippen LogP) is 4.65. The largest absolute Gasteiger partial charge is 0.381 e. The second kappa shape index (κ2) is 9.86. The molecule has 1 aliphatic rings. The Bertz CT molecular complexity index is 901. The van der Waals surface area contributed by atoms with Crippen molar-refractivity contribution in [1.82, 2.24) is 15.2 Å². The Balaban J connectivity index is 1.79. The van der Waals surface area contributed by atoms with Gasteiger partial charge in [-0.3, -0.25) is 14.7 Å². The van der Waals surface area contributed by atoms with E-state index in [9.17, 15) is 9.90 Å². The molecule has 0 saturated carbocycles. The number of aromatic nitrogens is 1. The maximum atomic E-state index is 12.5. The Morgan fingerprint density at radius 1 is 1.23 bits per heavy atom. The summed E-state index contributed by atoms with van der Waals surface area (Å²) in [5.41, 5.74) is -0.112. The first-order valence-electron chi connectivity index (χ1n) is 10.7. The van der Waals surface area contributed by atoms with Crippen LogP contribution in [0, 0.1) is 11.3 Å². The van der Waals surface area contributed by atoms with Gasteiger partial charge in [0.05, 0.1) is 22.3 Å². The molecule has 0 spiro atoms. The van der Waals surface area contributed by atoms with Crippen LogP contribution in [-0.2, 0) is 16.9 Å². The topological polar surface area (TPSA) is 65.5 Å². The van der Waals surface area contributed by atoms with E-state index in [2.05, 4.69) is 15.2 Å². The van der Waals surface area contributed by atoms with Crippen molar-refractivity contribution in [3.63, 3.8) is 0 Å². The second-order valence-corrected chi connectivity index (χ2v) is 10.2. The molecular formula is C24H31Cl2N3O2. The Labute approximate surface area is 194 Å². The first-order valence-corrected chi connectivity index (χ1v) is 11.4. The summed E-state index contributed by atoms with van der Waals surface area (Å²) < 4.78 is 0. The van der Waals surface area contributed by atoms with Crippen LogP contribution in [0.15, 0.2) is 42.6 Å². The first-order chi connectivity index (χ1) is 14.6. The third-order valence-electron chi connectivity index (χ3n) is 5.88. The van der Waals surface area contributed by atoms with Crippen LogP contribution in [0.1, 0.15) is 44.9 Å². The van der Waals surface area contributed by atoms with E-state index >= 15 is 0 Å². The van der Waals surface area contributed by atoms with E-state index in [1.807, 2.05) is 57.2 Å². The molecule has 1 aromatic carbocycles. The van der Waals surface area contributed by atoms with Gasteiger partial charge in [-0.25, -0.2) is 0 Å². The lowest BCUT2D eigenvalue weighted by Gasteiger charge is -2.42. The van der Waals surface area contributed by atoms with Crippen LogP contribution in [0.3, 0.4) is 0 Å². The maximum absolute atomic E-state index is 12.5. The van der Waals surface area contributed by atoms with Crippen molar-refractivity contribution in [1.29, 1.82) is 0 Å². The maximum Gasteiger partial charge on any atom is 0.225 e. The Kier molecular flexibility index (Phi) is 7.63. The zero-order valence-corrected chi connectivity index (χ0v) is 19.9. The molecule has 5 nitrogen and oxygen atoms in total. The normalized spacial score (nSPS) is 19.6. The molecule has 2 aromatic rings. The number of benzene rings is 1. The molecule has 2 N–H and O–H groups in total. The molecular weight excluding hydrogens is 433 g/mol. The van der Waals surface area contributed by atoms with Gasteiger partial charge in [0.1, 0.15) is 5.60 Å². The van der Waals surface area contributed by atoms with Crippen molar-refractivity contribution in [3.05, 3.63) is 63.9 Å². The summed E-state index contributed by atoms with van der Waals surface area (Å²) in [6, 6.07) is 11.2. The van der Waals surface area contributed by atoms with Crippen molar-refractivity contribution >= 4 is 29.1 Å². The number of pyridine rings is 1. The number of carbonyl (C=O) groups is 1. The van der Waals surface area contributed by atoms with Gasteiger partial charge in [-0.2, -0.15) is 0 Å². The highest BCUT2D eigenvalue weighted by atomic mass is 35.5. The molecule has 0 radical (unpaired) electrons. The monoisotopic (exact) mass is 463 g/mol. The van der Waals surface area contributed by atoms with Crippen LogP contribution in [0.2, 0.25) is 10.0 Å². The molecule has 2 atom stereocenters. The van der Waals surface area contributed by atoms with Gasteiger partial charge in [-0.15, -0.1) is 0 Å². The van der Waals surface area contributed by atoms with Crippen molar-refractivity contribution in [3.8, 4) is 0 Å². The minimum absolute atomic E-state index is 0.0702. The summed E-state index contributed by atoms with van der Waals surface area (Å²) in [6.07, 6.45) is 3.49. The number of carbonyl (C=O) groups excluding carboxylic acids is 1. The van der Waals surface area contributed by atoms with E-state index in [1.165, 1.54) is 0 Å². The van der Waals surface area contributed by atoms with Crippen LogP contribution in [0.5, 0.6) is 0 Å². The molecule has 3 rings (SSSR count). The number of hydrogen-bond acceptors (Lipinski definition) is 4. The van der Waals surface area contributed by atoms with E-state index in [4.69, 9.17) is 23.2 Å². The molecule has 2 unspecified atom stereocenters. The van der Waals surface area contributed by atoms with E-state index in [0.717, 1.165) is 31.5 Å². The van der Waals surface area contributed by atoms with E-state index in [1.54, 1.807) is 6.20 Å². The molecule has 1 saturated heterocycles. The quantitative estimate of drug-likeness (QED) is 0.653. The highest BCUT2D eigenvalue weighted by molar-refractivity contribution is 6.42. The number of likely N-dealkylation sites (tertiary alicyclic amines) is 1. The standard InChI is InChI=1S/C24H31Cl2N3O2/c1-23(2,3)22(30)28-16-24(31,21-8-4-5-11-27-21)18-7-6-12-29(15-18)14-17-9-10-19(25)20(26)13-17/h4-5,8-11,13,18,31H,6-7,12,14-16H2,1-3H3,(H,28,30). The molecule has 0 aliphatic carbocycles. The fourth-order valence-electron chi connectivity index (χ4n) is 4.03. The van der Waals surface area contributed by atoms with Crippen LogP contribution in [0.4, 0.5) is 0 Å². The van der Waals surface area contributed by atoms with E-state index < -0.39 is 11.0 Å². The van der Waals surface area contributed by atoms with Crippen molar-refractivity contribution in [2.75, 3.05) is 19.6 Å². The average molecular weight is 464 g/mol. The molecule has 1 aliphatic heterocycles. The summed E-state index contributed by atoms with van der Waals surface area (Å²) in [6.45, 7) is 8.07. The van der Waals surface area contributed by atoms with Crippen LogP contribution < -0.4 is 5.32 Å². The van der Waals surface area contributed by atoms with Gasteiger partial charge in [0, 0.05) is 30.6 Å². The molecule has 1 aromatic heterocycles. The molecule has 1 fully saturated rings. The minimum Gasteiger partial charge on any atom is -0.381 e. The summed E-state index contributed by atoms with van der Waals surface area (Å²) >= 11 is 12.2. The summed E-state index contributed by atoms with van der Waals surface area (Å²) in [5.74, 6) is -0.162. The van der Waals surface area contributed by atoms with Gasteiger partial charge >= 0.3 is 0 Å². The lowest BCUT2D eigenvalue weighted by Crippen LogP contribution is -2.53. The molecule has 31 heavy (non-hydrogen) atoms. The van der Waals surface area contributed by atoms with Crippen molar-refractivity contribution < 1.29 is 9.90 Å². The second-order valence-electron chi connectivity index (χ2n) is 9.39. The van der Waals surface area contributed by atoms with Crippen LogP contribution >= 0.6 is 23.2 Å². The number of nitrogens with zero attached hydrogens (tertiary/aromatic N) is 2. The van der Waals surface area contributed by atoms with Gasteiger partial charge in [0.25, 0.3) is 0 Å². The smallest absolute Gasteiger partial charge is 0.225 e. The Morgan fingerprint density at radius 3 is 2.65 bits per heavy atom. The van der Waals surface area contributed by atoms with Gasteiger partial charge in [0.15, 0.2) is 0 Å². The third kappa shape index (κ3) is 5.98. The molecule has 7 heteroatoms. The van der Waals surface area contributed by atoms with Gasteiger partial charge in [-0.05, 0) is 49.2 Å². The highest BCUT2D eigenvalue weighted by Gasteiger charge is 2.42. The number of aliphatic hydroxyl groups is 1. The lowest BCUT2D eigenvalue weighted by molar-refractivity contribution is -0.131. The fourth-order valence-corrected chi connectivity index (χ4v) is 4.35. The van der Waals surface area contributed by atoms with Crippen molar-refractivity contribution in [2.24, 2.45) is 11.3 Å². The zero-order chi connectivity index (χ0) is 22.6. The van der Waals surface area contributed by atoms with E-state index in [0.29, 0.717) is 22.3 Å². The SMILES string of the molecule is CC(C)(C)C(=O)NCC(O)(c1ccccn1)C1CCCN(Cc2ccc(Cl)c(Cl)c2)C1. The highest BCUT2D eigenvalue weighted by Crippen LogP contribution is 2.35. The van der Waals surface area contributed by atoms with Gasteiger partial charge in [-0.1, -0.05) is 56.1 Å².